The number of rotatable bonds is 8. The minimum absolute atomic E-state index is 0.104. The number of hydrogen-bond acceptors (Lipinski definition) is 4. The number of halogens is 1. The van der Waals surface area contributed by atoms with Crippen LogP contribution in [0, 0.1) is 0 Å². The molecule has 0 fully saturated rings. The lowest BCUT2D eigenvalue weighted by molar-refractivity contribution is 0.0773. The smallest absolute Gasteiger partial charge is 0.253 e. The maximum atomic E-state index is 12.8. The van der Waals surface area contributed by atoms with Crippen molar-refractivity contribution in [2.24, 2.45) is 0 Å². The number of amides is 1. The highest BCUT2D eigenvalue weighted by Gasteiger charge is 2.13. The van der Waals surface area contributed by atoms with E-state index < -0.39 is 0 Å². The van der Waals surface area contributed by atoms with Gasteiger partial charge in [0.25, 0.3) is 5.91 Å². The van der Waals surface area contributed by atoms with E-state index in [9.17, 15) is 4.79 Å². The molecule has 0 bridgehead atoms. The number of likely N-dealkylation sites (N-methyl/N-ethyl adjacent to an activating group) is 1. The highest BCUT2D eigenvalue weighted by atomic mass is 35.5. The summed E-state index contributed by atoms with van der Waals surface area (Å²) in [6.45, 7) is 1.13. The van der Waals surface area contributed by atoms with Crippen LogP contribution in [-0.4, -0.2) is 40.4 Å². The van der Waals surface area contributed by atoms with Gasteiger partial charge in [0.05, 0.1) is 12.2 Å². The molecule has 0 aliphatic rings. The lowest BCUT2D eigenvalue weighted by Gasteiger charge is -2.18. The summed E-state index contributed by atoms with van der Waals surface area (Å²) >= 11 is 5.96. The van der Waals surface area contributed by atoms with Crippen molar-refractivity contribution < 1.29 is 14.3 Å². The molecular weight excluding hydrogens is 414 g/mol. The number of pyridine rings is 1. The van der Waals surface area contributed by atoms with Crippen molar-refractivity contribution in [2.45, 2.75) is 6.61 Å². The Morgan fingerprint density at radius 2 is 1.84 bits per heavy atom. The van der Waals surface area contributed by atoms with E-state index in [2.05, 4.69) is 4.98 Å². The van der Waals surface area contributed by atoms with Crippen molar-refractivity contribution in [3.8, 4) is 11.5 Å². The molecule has 0 aliphatic carbocycles. The summed E-state index contributed by atoms with van der Waals surface area (Å²) in [6.07, 6.45) is 3.87. The Bertz CT molecular complexity index is 1160. The maximum Gasteiger partial charge on any atom is 0.253 e. The molecule has 7 heteroatoms. The van der Waals surface area contributed by atoms with Gasteiger partial charge >= 0.3 is 0 Å². The van der Waals surface area contributed by atoms with Crippen molar-refractivity contribution >= 4 is 23.2 Å². The first-order valence-electron chi connectivity index (χ1n) is 9.88. The Balaban J connectivity index is 1.32. The number of carbonyl (C=O) groups is 1. The number of aromatic nitrogens is 2. The summed E-state index contributed by atoms with van der Waals surface area (Å²) in [5.74, 6) is 1.19. The molecular formula is C24H22ClN3O3. The van der Waals surface area contributed by atoms with E-state index in [4.69, 9.17) is 21.1 Å². The van der Waals surface area contributed by atoms with Crippen molar-refractivity contribution in [1.82, 2.24) is 14.3 Å². The summed E-state index contributed by atoms with van der Waals surface area (Å²) in [5.41, 5.74) is 2.24. The fraction of sp³-hybridized carbons (Fsp3) is 0.167. The van der Waals surface area contributed by atoms with Crippen molar-refractivity contribution in [1.29, 1.82) is 0 Å². The van der Waals surface area contributed by atoms with Crippen LogP contribution in [0.15, 0.2) is 79.1 Å². The molecule has 0 atom stereocenters. The van der Waals surface area contributed by atoms with E-state index in [1.54, 1.807) is 36.2 Å². The predicted octanol–water partition coefficient (Wildman–Crippen LogP) is 4.72. The van der Waals surface area contributed by atoms with Crippen LogP contribution in [0.2, 0.25) is 5.02 Å². The van der Waals surface area contributed by atoms with Crippen molar-refractivity contribution in [3.05, 3.63) is 95.4 Å². The Labute approximate surface area is 185 Å². The van der Waals surface area contributed by atoms with E-state index in [1.165, 1.54) is 0 Å². The van der Waals surface area contributed by atoms with Crippen LogP contribution in [0.4, 0.5) is 0 Å². The van der Waals surface area contributed by atoms with Crippen LogP contribution in [0.3, 0.4) is 0 Å². The highest BCUT2D eigenvalue weighted by molar-refractivity contribution is 6.30. The van der Waals surface area contributed by atoms with Gasteiger partial charge in [0.15, 0.2) is 0 Å². The number of imidazole rings is 1. The average Bonchev–Trinajstić information content (AvgIpc) is 3.20. The van der Waals surface area contributed by atoms with Gasteiger partial charge in [0.2, 0.25) is 0 Å². The molecule has 6 nitrogen and oxygen atoms in total. The highest BCUT2D eigenvalue weighted by Crippen LogP contribution is 2.18. The lowest BCUT2D eigenvalue weighted by Crippen LogP contribution is -2.30. The van der Waals surface area contributed by atoms with Crippen LogP contribution in [0.1, 0.15) is 16.1 Å². The molecule has 0 saturated carbocycles. The fourth-order valence-electron chi connectivity index (χ4n) is 3.11. The number of nitrogens with zero attached hydrogens (tertiary/aromatic N) is 3. The predicted molar refractivity (Wildman–Crippen MR) is 120 cm³/mol. The van der Waals surface area contributed by atoms with E-state index in [0.717, 1.165) is 11.3 Å². The number of carbonyl (C=O) groups excluding carboxylic acids is 1. The van der Waals surface area contributed by atoms with Gasteiger partial charge in [0, 0.05) is 30.0 Å². The molecule has 1 amide bonds. The van der Waals surface area contributed by atoms with Crippen LogP contribution in [0.25, 0.3) is 5.65 Å². The van der Waals surface area contributed by atoms with Crippen molar-refractivity contribution in [3.63, 3.8) is 0 Å². The normalized spacial score (nSPS) is 10.8. The zero-order valence-corrected chi connectivity index (χ0v) is 17.8. The fourth-order valence-corrected chi connectivity index (χ4v) is 3.29. The minimum atomic E-state index is -0.104. The molecule has 0 saturated heterocycles. The molecule has 0 spiro atoms. The molecule has 2 aromatic carbocycles. The first-order valence-corrected chi connectivity index (χ1v) is 10.3. The number of benzene rings is 2. The van der Waals surface area contributed by atoms with E-state index in [0.29, 0.717) is 41.8 Å². The molecule has 0 unspecified atom stereocenters. The molecule has 0 radical (unpaired) electrons. The molecule has 158 valence electrons. The molecule has 31 heavy (non-hydrogen) atoms. The van der Waals surface area contributed by atoms with Crippen LogP contribution in [-0.2, 0) is 6.61 Å². The first-order chi connectivity index (χ1) is 15.1. The SMILES string of the molecule is CN(CCOc1cccc(Cl)c1)C(=O)c1cccc(OCc2cn3ccccc3n2)c1. The van der Waals surface area contributed by atoms with Gasteiger partial charge in [0.1, 0.15) is 30.4 Å². The second-order valence-electron chi connectivity index (χ2n) is 7.05. The topological polar surface area (TPSA) is 56.1 Å². The number of ether oxygens (including phenoxy) is 2. The van der Waals surface area contributed by atoms with Crippen LogP contribution < -0.4 is 9.47 Å². The Kier molecular flexibility index (Phi) is 6.38. The molecule has 4 aromatic rings. The molecule has 2 heterocycles. The zero-order chi connectivity index (χ0) is 21.6. The second-order valence-corrected chi connectivity index (χ2v) is 7.48. The number of fused-ring (bicyclic) bond motifs is 1. The second kappa shape index (κ2) is 9.53. The lowest BCUT2D eigenvalue weighted by atomic mass is 10.2. The standard InChI is InChI=1S/C24H22ClN3O3/c1-27(12-13-30-22-9-5-7-19(25)15-22)24(29)18-6-4-8-21(14-18)31-17-20-16-28-11-3-2-10-23(28)26-20/h2-11,14-16H,12-13,17H2,1H3. The minimum Gasteiger partial charge on any atom is -0.492 e. The monoisotopic (exact) mass is 435 g/mol. The van der Waals surface area contributed by atoms with Gasteiger partial charge in [-0.1, -0.05) is 29.8 Å². The summed E-state index contributed by atoms with van der Waals surface area (Å²) in [5, 5.41) is 0.613. The van der Waals surface area contributed by atoms with Gasteiger partial charge in [-0.05, 0) is 48.5 Å². The summed E-state index contributed by atoms with van der Waals surface area (Å²) in [6, 6.07) is 20.2. The van der Waals surface area contributed by atoms with Crippen molar-refractivity contribution in [2.75, 3.05) is 20.2 Å². The van der Waals surface area contributed by atoms with E-state index in [1.807, 2.05) is 59.3 Å². The third-order valence-electron chi connectivity index (χ3n) is 4.72. The summed E-state index contributed by atoms with van der Waals surface area (Å²) < 4.78 is 13.5. The quantitative estimate of drug-likeness (QED) is 0.402. The van der Waals surface area contributed by atoms with Gasteiger partial charge < -0.3 is 18.8 Å². The molecule has 2 aromatic heterocycles. The Morgan fingerprint density at radius 1 is 1.03 bits per heavy atom. The van der Waals surface area contributed by atoms with Crippen LogP contribution >= 0.6 is 11.6 Å². The number of hydrogen-bond donors (Lipinski definition) is 0. The largest absolute Gasteiger partial charge is 0.492 e. The van der Waals surface area contributed by atoms with Gasteiger partial charge in [-0.15, -0.1) is 0 Å². The summed E-state index contributed by atoms with van der Waals surface area (Å²) in [4.78, 5) is 18.9. The average molecular weight is 436 g/mol. The molecule has 0 aliphatic heterocycles. The third-order valence-corrected chi connectivity index (χ3v) is 4.95. The molecule has 4 rings (SSSR count). The van der Waals surface area contributed by atoms with Gasteiger partial charge in [-0.3, -0.25) is 4.79 Å². The Hall–Kier alpha value is -3.51. The van der Waals surface area contributed by atoms with Gasteiger partial charge in [-0.2, -0.15) is 0 Å². The third kappa shape index (κ3) is 5.35. The van der Waals surface area contributed by atoms with Crippen LogP contribution in [0.5, 0.6) is 11.5 Å². The zero-order valence-electron chi connectivity index (χ0n) is 17.1. The van der Waals surface area contributed by atoms with E-state index in [-0.39, 0.29) is 5.91 Å². The Morgan fingerprint density at radius 3 is 2.65 bits per heavy atom. The van der Waals surface area contributed by atoms with Gasteiger partial charge in [-0.25, -0.2) is 4.98 Å². The maximum absolute atomic E-state index is 12.8. The molecule has 0 N–H and O–H groups in total. The summed E-state index contributed by atoms with van der Waals surface area (Å²) in [7, 11) is 1.74. The first kappa shape index (κ1) is 20.8. The van der Waals surface area contributed by atoms with E-state index >= 15 is 0 Å².